The monoisotopic (exact) mass is 304 g/mol. The van der Waals surface area contributed by atoms with Crippen LogP contribution in [0.2, 0.25) is 0 Å². The molecule has 0 aromatic heterocycles. The van der Waals surface area contributed by atoms with Crippen molar-refractivity contribution in [1.29, 1.82) is 5.41 Å². The highest BCUT2D eigenvalue weighted by Crippen LogP contribution is 2.30. The first kappa shape index (κ1) is 15.9. The van der Waals surface area contributed by atoms with Crippen molar-refractivity contribution in [3.05, 3.63) is 45.7 Å². The standard InChI is InChI=1S/C16H24N4S/c1-12-11-19-7-4-15(12)14-5-8-20(9-6-14)21-16(10-17)13(2)18-3/h4-5,10-11,17-19H,6-9H2,1-3H3/b16-13+,17-10?. The van der Waals surface area contributed by atoms with Gasteiger partial charge in [-0.2, -0.15) is 0 Å². The second kappa shape index (κ2) is 7.52. The van der Waals surface area contributed by atoms with Gasteiger partial charge in [0.05, 0.1) is 4.91 Å². The van der Waals surface area contributed by atoms with Crippen molar-refractivity contribution in [1.82, 2.24) is 14.9 Å². The van der Waals surface area contributed by atoms with E-state index in [1.807, 2.05) is 14.0 Å². The van der Waals surface area contributed by atoms with Gasteiger partial charge in [-0.3, -0.25) is 0 Å². The summed E-state index contributed by atoms with van der Waals surface area (Å²) in [6.45, 7) is 7.03. The number of nitrogens with zero attached hydrogens (tertiary/aromatic N) is 1. The third kappa shape index (κ3) is 4.02. The first-order valence-electron chi connectivity index (χ1n) is 7.27. The van der Waals surface area contributed by atoms with Crippen molar-refractivity contribution in [2.45, 2.75) is 20.3 Å². The molecule has 2 rings (SSSR count). The van der Waals surface area contributed by atoms with Gasteiger partial charge in [0.1, 0.15) is 0 Å². The number of rotatable bonds is 5. The van der Waals surface area contributed by atoms with E-state index in [0.29, 0.717) is 0 Å². The smallest absolute Gasteiger partial charge is 0.0592 e. The van der Waals surface area contributed by atoms with Crippen LogP contribution in [0.5, 0.6) is 0 Å². The molecule has 0 spiro atoms. The van der Waals surface area contributed by atoms with Gasteiger partial charge in [-0.05, 0) is 48.9 Å². The summed E-state index contributed by atoms with van der Waals surface area (Å²) in [7, 11) is 1.90. The highest BCUT2D eigenvalue weighted by Gasteiger charge is 2.18. The van der Waals surface area contributed by atoms with Gasteiger partial charge in [0.2, 0.25) is 0 Å². The lowest BCUT2D eigenvalue weighted by molar-refractivity contribution is 0.503. The number of hydrogen-bond donors (Lipinski definition) is 3. The Balaban J connectivity index is 2.01. The average molecular weight is 304 g/mol. The van der Waals surface area contributed by atoms with Crippen molar-refractivity contribution in [2.24, 2.45) is 0 Å². The zero-order valence-corrected chi connectivity index (χ0v) is 13.8. The molecule has 2 aliphatic heterocycles. The van der Waals surface area contributed by atoms with Gasteiger partial charge >= 0.3 is 0 Å². The van der Waals surface area contributed by atoms with Crippen molar-refractivity contribution in [3.8, 4) is 0 Å². The minimum atomic E-state index is 0.921. The third-order valence-corrected chi connectivity index (χ3v) is 5.00. The minimum Gasteiger partial charge on any atom is -0.391 e. The zero-order chi connectivity index (χ0) is 15.2. The van der Waals surface area contributed by atoms with Gasteiger partial charge in [0, 0.05) is 44.8 Å². The normalized spacial score (nSPS) is 20.6. The lowest BCUT2D eigenvalue weighted by atomic mass is 9.93. The quantitative estimate of drug-likeness (QED) is 0.540. The van der Waals surface area contributed by atoms with Crippen molar-refractivity contribution >= 4 is 18.2 Å². The molecule has 4 nitrogen and oxygen atoms in total. The summed E-state index contributed by atoms with van der Waals surface area (Å²) in [5.41, 5.74) is 5.21. The van der Waals surface area contributed by atoms with Crippen molar-refractivity contribution in [2.75, 3.05) is 26.7 Å². The van der Waals surface area contributed by atoms with Crippen molar-refractivity contribution < 1.29 is 0 Å². The maximum absolute atomic E-state index is 7.53. The number of allylic oxidation sites excluding steroid dienone is 4. The molecule has 0 saturated carbocycles. The third-order valence-electron chi connectivity index (χ3n) is 3.79. The van der Waals surface area contributed by atoms with Gasteiger partial charge < -0.3 is 16.0 Å². The average Bonchev–Trinajstić information content (AvgIpc) is 2.53. The van der Waals surface area contributed by atoms with Crippen LogP contribution in [-0.4, -0.2) is 37.2 Å². The summed E-state index contributed by atoms with van der Waals surface area (Å²) in [5.74, 6) is 0. The predicted molar refractivity (Wildman–Crippen MR) is 92.3 cm³/mol. The Hall–Kier alpha value is -1.46. The summed E-state index contributed by atoms with van der Waals surface area (Å²) in [6.07, 6.45) is 9.19. The second-order valence-corrected chi connectivity index (χ2v) is 6.33. The van der Waals surface area contributed by atoms with E-state index in [9.17, 15) is 0 Å². The molecule has 0 radical (unpaired) electrons. The fraction of sp³-hybridized carbons (Fsp3) is 0.438. The first-order chi connectivity index (χ1) is 10.2. The van der Waals surface area contributed by atoms with E-state index >= 15 is 0 Å². The lowest BCUT2D eigenvalue weighted by Gasteiger charge is -2.28. The molecule has 0 atom stereocenters. The Kier molecular flexibility index (Phi) is 5.70. The molecule has 3 N–H and O–H groups in total. The summed E-state index contributed by atoms with van der Waals surface area (Å²) in [5, 5.41) is 13.9. The molecule has 0 aromatic carbocycles. The van der Waals surface area contributed by atoms with Gasteiger partial charge in [0.25, 0.3) is 0 Å². The van der Waals surface area contributed by atoms with Gasteiger partial charge in [-0.1, -0.05) is 12.2 Å². The summed E-state index contributed by atoms with van der Waals surface area (Å²) in [6, 6.07) is 0. The maximum atomic E-state index is 7.53. The Bertz CT molecular complexity index is 528. The molecule has 0 amide bonds. The first-order valence-corrected chi connectivity index (χ1v) is 8.05. The summed E-state index contributed by atoms with van der Waals surface area (Å²) in [4.78, 5) is 0.978. The highest BCUT2D eigenvalue weighted by molar-refractivity contribution is 8.01. The van der Waals surface area contributed by atoms with Crippen molar-refractivity contribution in [3.63, 3.8) is 0 Å². The van der Waals surface area contributed by atoms with E-state index in [4.69, 9.17) is 5.41 Å². The molecule has 5 heteroatoms. The lowest BCUT2D eigenvalue weighted by Crippen LogP contribution is -2.24. The maximum Gasteiger partial charge on any atom is 0.0592 e. The summed E-state index contributed by atoms with van der Waals surface area (Å²) < 4.78 is 2.31. The van der Waals surface area contributed by atoms with Gasteiger partial charge in [0.15, 0.2) is 0 Å². The molecule has 0 fully saturated rings. The molecular weight excluding hydrogens is 280 g/mol. The van der Waals surface area contributed by atoms with E-state index < -0.39 is 0 Å². The topological polar surface area (TPSA) is 51.2 Å². The Morgan fingerprint density at radius 1 is 1.48 bits per heavy atom. The van der Waals surface area contributed by atoms with E-state index in [1.165, 1.54) is 22.9 Å². The molecule has 2 heterocycles. The van der Waals surface area contributed by atoms with E-state index in [1.54, 1.807) is 11.9 Å². The fourth-order valence-electron chi connectivity index (χ4n) is 2.44. The minimum absolute atomic E-state index is 0.921. The number of dihydropyridines is 1. The Morgan fingerprint density at radius 3 is 2.86 bits per heavy atom. The van der Waals surface area contributed by atoms with E-state index in [0.717, 1.165) is 36.7 Å². The highest BCUT2D eigenvalue weighted by atomic mass is 32.2. The van der Waals surface area contributed by atoms with Crippen LogP contribution in [-0.2, 0) is 0 Å². The van der Waals surface area contributed by atoms with E-state index in [2.05, 4.69) is 40.2 Å². The van der Waals surface area contributed by atoms with E-state index in [-0.39, 0.29) is 0 Å². The van der Waals surface area contributed by atoms with Crippen LogP contribution in [0.1, 0.15) is 20.3 Å². The molecule has 21 heavy (non-hydrogen) atoms. The largest absolute Gasteiger partial charge is 0.391 e. The molecule has 0 unspecified atom stereocenters. The summed E-state index contributed by atoms with van der Waals surface area (Å²) >= 11 is 1.66. The van der Waals surface area contributed by atoms with Gasteiger partial charge in [-0.15, -0.1) is 0 Å². The molecule has 0 bridgehead atoms. The molecule has 0 saturated heterocycles. The van der Waals surface area contributed by atoms with Crippen LogP contribution in [0.3, 0.4) is 0 Å². The molecule has 0 aliphatic carbocycles. The zero-order valence-electron chi connectivity index (χ0n) is 13.0. The Morgan fingerprint density at radius 2 is 2.29 bits per heavy atom. The van der Waals surface area contributed by atoms with Crippen LogP contribution in [0, 0.1) is 5.41 Å². The molecular formula is C16H24N4S. The van der Waals surface area contributed by atoms with Crippen LogP contribution in [0.4, 0.5) is 0 Å². The predicted octanol–water partition coefficient (Wildman–Crippen LogP) is 2.80. The Labute approximate surface area is 131 Å². The van der Waals surface area contributed by atoms with Crippen LogP contribution in [0.25, 0.3) is 0 Å². The fourth-order valence-corrected chi connectivity index (χ4v) is 3.34. The molecule has 0 aromatic rings. The molecule has 2 aliphatic rings. The van der Waals surface area contributed by atoms with Gasteiger partial charge in [-0.25, -0.2) is 4.31 Å². The SMILES string of the molecule is CN/C(C)=C(\C=N)SN1CC=C(C2=CCNC=C2C)CC1. The number of nitrogens with one attached hydrogen (secondary N) is 3. The second-order valence-electron chi connectivity index (χ2n) is 5.20. The van der Waals surface area contributed by atoms with Crippen LogP contribution < -0.4 is 10.6 Å². The number of hydrogen-bond acceptors (Lipinski definition) is 5. The van der Waals surface area contributed by atoms with Crippen LogP contribution >= 0.6 is 11.9 Å². The molecule has 114 valence electrons. The van der Waals surface area contributed by atoms with Crippen LogP contribution in [0.15, 0.2) is 45.7 Å².